The van der Waals surface area contributed by atoms with E-state index in [0.717, 1.165) is 12.2 Å². The van der Waals surface area contributed by atoms with E-state index in [1.807, 2.05) is 6.92 Å². The fourth-order valence-corrected chi connectivity index (χ4v) is 1.82. The van der Waals surface area contributed by atoms with E-state index in [0.29, 0.717) is 5.69 Å². The molecule has 0 unspecified atom stereocenters. The maximum atomic E-state index is 13.1. The van der Waals surface area contributed by atoms with Crippen molar-refractivity contribution in [3.8, 4) is 5.75 Å². The van der Waals surface area contributed by atoms with Crippen molar-refractivity contribution in [3.63, 3.8) is 0 Å². The molecule has 0 aliphatic carbocycles. The second kappa shape index (κ2) is 6.69. The van der Waals surface area contributed by atoms with Crippen LogP contribution in [0, 0.1) is 5.82 Å². The average Bonchev–Trinajstić information content (AvgIpc) is 2.49. The van der Waals surface area contributed by atoms with Crippen molar-refractivity contribution in [3.05, 3.63) is 48.0 Å². The number of rotatable bonds is 5. The molecule has 2 aromatic rings. The SMILES string of the molecule is CCNc1ccnc(C(=O)Nc2ccc(F)cc2OC)c1. The standard InChI is InChI=1S/C15H16FN3O2/c1-3-17-11-6-7-18-13(9-11)15(20)19-12-5-4-10(16)8-14(12)21-2/h4-9H,3H2,1-2H3,(H,17,18)(H,19,20). The van der Waals surface area contributed by atoms with Crippen LogP contribution in [-0.2, 0) is 0 Å². The zero-order chi connectivity index (χ0) is 15.2. The van der Waals surface area contributed by atoms with E-state index in [-0.39, 0.29) is 17.4 Å². The van der Waals surface area contributed by atoms with Crippen LogP contribution in [0.5, 0.6) is 5.75 Å². The summed E-state index contributed by atoms with van der Waals surface area (Å²) in [4.78, 5) is 16.2. The quantitative estimate of drug-likeness (QED) is 0.888. The van der Waals surface area contributed by atoms with Crippen LogP contribution >= 0.6 is 0 Å². The Balaban J connectivity index is 2.20. The number of carbonyl (C=O) groups is 1. The van der Waals surface area contributed by atoms with Gasteiger partial charge in [0.25, 0.3) is 5.91 Å². The first-order valence-electron chi connectivity index (χ1n) is 6.49. The summed E-state index contributed by atoms with van der Waals surface area (Å²) in [5.74, 6) is -0.567. The molecular weight excluding hydrogens is 273 g/mol. The summed E-state index contributed by atoms with van der Waals surface area (Å²) in [7, 11) is 1.41. The molecule has 1 heterocycles. The number of hydrogen-bond acceptors (Lipinski definition) is 4. The Labute approximate surface area is 122 Å². The lowest BCUT2D eigenvalue weighted by molar-refractivity contribution is 0.102. The normalized spacial score (nSPS) is 10.0. The lowest BCUT2D eigenvalue weighted by atomic mass is 10.2. The monoisotopic (exact) mass is 289 g/mol. The summed E-state index contributed by atoms with van der Waals surface area (Å²) in [6, 6.07) is 7.33. The van der Waals surface area contributed by atoms with Crippen LogP contribution in [0.15, 0.2) is 36.5 Å². The van der Waals surface area contributed by atoms with Gasteiger partial charge in [0.05, 0.1) is 12.8 Å². The number of hydrogen-bond donors (Lipinski definition) is 2. The first-order chi connectivity index (χ1) is 10.1. The lowest BCUT2D eigenvalue weighted by Gasteiger charge is -2.10. The molecular formula is C15H16FN3O2. The molecule has 0 radical (unpaired) electrons. The van der Waals surface area contributed by atoms with Gasteiger partial charge in [-0.3, -0.25) is 9.78 Å². The zero-order valence-corrected chi connectivity index (χ0v) is 11.8. The topological polar surface area (TPSA) is 63.2 Å². The van der Waals surface area contributed by atoms with Crippen molar-refractivity contribution in [2.75, 3.05) is 24.3 Å². The van der Waals surface area contributed by atoms with Gasteiger partial charge >= 0.3 is 0 Å². The number of pyridine rings is 1. The molecule has 0 atom stereocenters. The number of amides is 1. The molecule has 1 aromatic heterocycles. The van der Waals surface area contributed by atoms with E-state index in [1.54, 1.807) is 18.3 Å². The first-order valence-corrected chi connectivity index (χ1v) is 6.49. The van der Waals surface area contributed by atoms with Gasteiger partial charge in [0.15, 0.2) is 0 Å². The number of methoxy groups -OCH3 is 1. The number of anilines is 2. The van der Waals surface area contributed by atoms with Crippen molar-refractivity contribution >= 4 is 17.3 Å². The Morgan fingerprint density at radius 2 is 2.14 bits per heavy atom. The zero-order valence-electron chi connectivity index (χ0n) is 11.8. The molecule has 0 saturated heterocycles. The van der Waals surface area contributed by atoms with Gasteiger partial charge in [0.2, 0.25) is 0 Å². The third-order valence-electron chi connectivity index (χ3n) is 2.79. The van der Waals surface area contributed by atoms with Gasteiger partial charge < -0.3 is 15.4 Å². The Hall–Kier alpha value is -2.63. The molecule has 0 aliphatic rings. The second-order valence-corrected chi connectivity index (χ2v) is 4.26. The summed E-state index contributed by atoms with van der Waals surface area (Å²) in [5, 5.41) is 5.76. The highest BCUT2D eigenvalue weighted by atomic mass is 19.1. The van der Waals surface area contributed by atoms with Gasteiger partial charge in [-0.05, 0) is 31.2 Å². The van der Waals surface area contributed by atoms with Crippen molar-refractivity contribution in [1.82, 2.24) is 4.98 Å². The molecule has 0 saturated carbocycles. The van der Waals surface area contributed by atoms with Gasteiger partial charge in [-0.15, -0.1) is 0 Å². The minimum Gasteiger partial charge on any atom is -0.494 e. The summed E-state index contributed by atoms with van der Waals surface area (Å²) in [5.41, 5.74) is 1.46. The predicted octanol–water partition coefficient (Wildman–Crippen LogP) is 2.91. The van der Waals surface area contributed by atoms with Crippen molar-refractivity contribution in [2.24, 2.45) is 0 Å². The van der Waals surface area contributed by atoms with Crippen LogP contribution in [-0.4, -0.2) is 24.5 Å². The van der Waals surface area contributed by atoms with Gasteiger partial charge in [0, 0.05) is 24.5 Å². The summed E-state index contributed by atoms with van der Waals surface area (Å²) >= 11 is 0. The molecule has 110 valence electrons. The average molecular weight is 289 g/mol. The minimum absolute atomic E-state index is 0.256. The maximum absolute atomic E-state index is 13.1. The van der Waals surface area contributed by atoms with Crippen LogP contribution < -0.4 is 15.4 Å². The fourth-order valence-electron chi connectivity index (χ4n) is 1.82. The molecule has 0 aliphatic heterocycles. The molecule has 0 spiro atoms. The highest BCUT2D eigenvalue weighted by molar-refractivity contribution is 6.04. The van der Waals surface area contributed by atoms with Crippen LogP contribution in [0.2, 0.25) is 0 Å². The third kappa shape index (κ3) is 3.68. The highest BCUT2D eigenvalue weighted by Crippen LogP contribution is 2.25. The van der Waals surface area contributed by atoms with Crippen molar-refractivity contribution < 1.29 is 13.9 Å². The molecule has 5 nitrogen and oxygen atoms in total. The number of nitrogens with zero attached hydrogens (tertiary/aromatic N) is 1. The van der Waals surface area contributed by atoms with Crippen LogP contribution in [0.4, 0.5) is 15.8 Å². The molecule has 0 bridgehead atoms. The molecule has 21 heavy (non-hydrogen) atoms. The van der Waals surface area contributed by atoms with E-state index in [4.69, 9.17) is 4.74 Å². The van der Waals surface area contributed by atoms with Crippen molar-refractivity contribution in [2.45, 2.75) is 6.92 Å². The number of nitrogens with one attached hydrogen (secondary N) is 2. The van der Waals surface area contributed by atoms with Crippen LogP contribution in [0.1, 0.15) is 17.4 Å². The first kappa shape index (κ1) is 14.8. The van der Waals surface area contributed by atoms with E-state index in [9.17, 15) is 9.18 Å². The van der Waals surface area contributed by atoms with E-state index >= 15 is 0 Å². The number of ether oxygens (including phenoxy) is 1. The molecule has 2 rings (SSSR count). The Morgan fingerprint density at radius 3 is 2.86 bits per heavy atom. The molecule has 1 aromatic carbocycles. The van der Waals surface area contributed by atoms with Crippen LogP contribution in [0.3, 0.4) is 0 Å². The fraction of sp³-hybridized carbons (Fsp3) is 0.200. The summed E-state index contributed by atoms with van der Waals surface area (Å²) in [6.45, 7) is 2.71. The van der Waals surface area contributed by atoms with Gasteiger partial charge in [0.1, 0.15) is 17.3 Å². The largest absolute Gasteiger partial charge is 0.494 e. The van der Waals surface area contributed by atoms with E-state index in [1.165, 1.54) is 25.3 Å². The smallest absolute Gasteiger partial charge is 0.274 e. The molecule has 6 heteroatoms. The van der Waals surface area contributed by atoms with Gasteiger partial charge in [-0.1, -0.05) is 0 Å². The Morgan fingerprint density at radius 1 is 1.33 bits per heavy atom. The molecule has 1 amide bonds. The Bertz CT molecular complexity index is 647. The summed E-state index contributed by atoms with van der Waals surface area (Å²) < 4.78 is 18.2. The van der Waals surface area contributed by atoms with E-state index < -0.39 is 5.82 Å². The van der Waals surface area contributed by atoms with Crippen molar-refractivity contribution in [1.29, 1.82) is 0 Å². The van der Waals surface area contributed by atoms with Crippen LogP contribution in [0.25, 0.3) is 0 Å². The maximum Gasteiger partial charge on any atom is 0.274 e. The lowest BCUT2D eigenvalue weighted by Crippen LogP contribution is -2.14. The molecule has 2 N–H and O–H groups in total. The number of carbonyl (C=O) groups excluding carboxylic acids is 1. The highest BCUT2D eigenvalue weighted by Gasteiger charge is 2.12. The number of halogens is 1. The number of benzene rings is 1. The van der Waals surface area contributed by atoms with Gasteiger partial charge in [-0.25, -0.2) is 4.39 Å². The minimum atomic E-state index is -0.433. The second-order valence-electron chi connectivity index (χ2n) is 4.26. The van der Waals surface area contributed by atoms with E-state index in [2.05, 4.69) is 15.6 Å². The number of aromatic nitrogens is 1. The summed E-state index contributed by atoms with van der Waals surface area (Å²) in [6.07, 6.45) is 1.55. The Kier molecular flexibility index (Phi) is 4.71. The molecule has 0 fully saturated rings. The predicted molar refractivity (Wildman–Crippen MR) is 79.3 cm³/mol. The third-order valence-corrected chi connectivity index (χ3v) is 2.79. The van der Waals surface area contributed by atoms with Gasteiger partial charge in [-0.2, -0.15) is 0 Å².